The van der Waals surface area contributed by atoms with Gasteiger partial charge in [-0.05, 0) is 68.0 Å². The van der Waals surface area contributed by atoms with Gasteiger partial charge in [-0.1, -0.05) is 32.9 Å². The molecule has 0 spiro atoms. The number of aromatic nitrogens is 1. The van der Waals surface area contributed by atoms with Gasteiger partial charge in [0, 0.05) is 23.5 Å². The number of ketones is 1. The van der Waals surface area contributed by atoms with Crippen molar-refractivity contribution in [1.82, 2.24) is 4.57 Å². The second kappa shape index (κ2) is 10.6. The Morgan fingerprint density at radius 3 is 2.47 bits per heavy atom. The molecule has 30 heavy (non-hydrogen) atoms. The van der Waals surface area contributed by atoms with Crippen molar-refractivity contribution in [3.63, 3.8) is 0 Å². The van der Waals surface area contributed by atoms with Gasteiger partial charge in [-0.3, -0.25) is 4.79 Å². The van der Waals surface area contributed by atoms with Gasteiger partial charge in [-0.2, -0.15) is 5.26 Å². The lowest BCUT2D eigenvalue weighted by Crippen LogP contribution is -2.16. The minimum Gasteiger partial charge on any atom is -0.453 e. The molecule has 0 amide bonds. The number of aryl methyl sites for hydroxylation is 3. The highest BCUT2D eigenvalue weighted by molar-refractivity contribution is 6.02. The normalized spacial score (nSPS) is 11.3. The third-order valence-electron chi connectivity index (χ3n) is 5.30. The predicted molar refractivity (Wildman–Crippen MR) is 118 cm³/mol. The number of hydrogen-bond acceptors (Lipinski definition) is 4. The van der Waals surface area contributed by atoms with Gasteiger partial charge in [-0.15, -0.1) is 0 Å². The highest BCUT2D eigenvalue weighted by Gasteiger charge is 2.17. The van der Waals surface area contributed by atoms with E-state index in [2.05, 4.69) is 11.5 Å². The summed E-state index contributed by atoms with van der Waals surface area (Å²) in [5.74, 6) is -1.04. The van der Waals surface area contributed by atoms with Crippen molar-refractivity contribution in [2.75, 3.05) is 6.61 Å². The summed E-state index contributed by atoms with van der Waals surface area (Å²) >= 11 is 0. The summed E-state index contributed by atoms with van der Waals surface area (Å²) in [7, 11) is 0. The van der Waals surface area contributed by atoms with E-state index in [4.69, 9.17) is 4.74 Å². The van der Waals surface area contributed by atoms with Crippen LogP contribution in [0.3, 0.4) is 0 Å². The summed E-state index contributed by atoms with van der Waals surface area (Å²) < 4.78 is 7.35. The molecule has 0 bridgehead atoms. The zero-order valence-electron chi connectivity index (χ0n) is 18.5. The van der Waals surface area contributed by atoms with E-state index in [-0.39, 0.29) is 18.0 Å². The lowest BCUT2D eigenvalue weighted by atomic mass is 9.98. The zero-order chi connectivity index (χ0) is 22.3. The molecule has 1 aromatic carbocycles. The molecule has 1 heterocycles. The molecule has 1 aromatic heterocycles. The maximum absolute atomic E-state index is 12.7. The van der Waals surface area contributed by atoms with E-state index in [1.807, 2.05) is 58.0 Å². The number of hydrogen-bond donors (Lipinski definition) is 0. The Balaban J connectivity index is 2.17. The van der Waals surface area contributed by atoms with Crippen LogP contribution in [0, 0.1) is 25.2 Å². The van der Waals surface area contributed by atoms with Gasteiger partial charge in [0.2, 0.25) is 5.78 Å². The van der Waals surface area contributed by atoms with Crippen LogP contribution in [0.5, 0.6) is 0 Å². The molecular weight excluding hydrogens is 376 g/mol. The summed E-state index contributed by atoms with van der Waals surface area (Å²) in [4.78, 5) is 25.1. The molecule has 5 heteroatoms. The standard InChI is InChI=1S/C25H30N2O3/c1-6-11-27-17(4)12-21(18(27)5)14-22(15-26)25(29)30-16-24(28)23-13-19(7-2)9-10-20(23)8-3/h9-10,12-14H,6-8,11,16H2,1-5H3/b22-14+. The predicted octanol–water partition coefficient (Wildman–Crippen LogP) is 4.97. The van der Waals surface area contributed by atoms with Crippen LogP contribution in [-0.4, -0.2) is 22.9 Å². The molecule has 0 N–H and O–H groups in total. The number of carbonyl (C=O) groups is 2. The van der Waals surface area contributed by atoms with E-state index in [1.54, 1.807) is 0 Å². The fourth-order valence-electron chi connectivity index (χ4n) is 3.53. The van der Waals surface area contributed by atoms with Crippen LogP contribution in [-0.2, 0) is 28.9 Å². The van der Waals surface area contributed by atoms with Crippen molar-refractivity contribution in [2.24, 2.45) is 0 Å². The van der Waals surface area contributed by atoms with E-state index >= 15 is 0 Å². The number of esters is 1. The Labute approximate surface area is 179 Å². The largest absolute Gasteiger partial charge is 0.453 e. The van der Waals surface area contributed by atoms with Gasteiger partial charge >= 0.3 is 5.97 Å². The molecule has 0 radical (unpaired) electrons. The number of benzene rings is 1. The Kier molecular flexibility index (Phi) is 8.17. The lowest BCUT2D eigenvalue weighted by Gasteiger charge is -2.10. The van der Waals surface area contributed by atoms with Crippen LogP contribution in [0.15, 0.2) is 29.8 Å². The quantitative estimate of drug-likeness (QED) is 0.255. The topological polar surface area (TPSA) is 72.1 Å². The van der Waals surface area contributed by atoms with Gasteiger partial charge in [0.25, 0.3) is 0 Å². The smallest absolute Gasteiger partial charge is 0.349 e. The number of carbonyl (C=O) groups excluding carboxylic acids is 2. The maximum atomic E-state index is 12.7. The first kappa shape index (κ1) is 23.2. The van der Waals surface area contributed by atoms with Gasteiger partial charge in [0.1, 0.15) is 11.6 Å². The van der Waals surface area contributed by atoms with E-state index < -0.39 is 5.97 Å². The summed E-state index contributed by atoms with van der Waals surface area (Å²) in [6.07, 6.45) is 4.07. The summed E-state index contributed by atoms with van der Waals surface area (Å²) in [6.45, 7) is 10.6. The Bertz CT molecular complexity index is 1010. The molecule has 0 aliphatic heterocycles. The van der Waals surface area contributed by atoms with Crippen LogP contribution < -0.4 is 0 Å². The van der Waals surface area contributed by atoms with Crippen molar-refractivity contribution >= 4 is 17.8 Å². The van der Waals surface area contributed by atoms with Crippen molar-refractivity contribution in [1.29, 1.82) is 5.26 Å². The van der Waals surface area contributed by atoms with Crippen LogP contribution in [0.2, 0.25) is 0 Å². The highest BCUT2D eigenvalue weighted by atomic mass is 16.5. The molecule has 158 valence electrons. The minimum atomic E-state index is -0.782. The van der Waals surface area contributed by atoms with E-state index in [9.17, 15) is 14.9 Å². The molecule has 0 atom stereocenters. The van der Waals surface area contributed by atoms with Crippen LogP contribution in [0.1, 0.15) is 65.6 Å². The monoisotopic (exact) mass is 406 g/mol. The molecule has 2 rings (SSSR count). The molecule has 0 fully saturated rings. The second-order valence-corrected chi connectivity index (χ2v) is 7.35. The first-order chi connectivity index (χ1) is 14.4. The molecule has 0 saturated carbocycles. The molecule has 2 aromatic rings. The summed E-state index contributed by atoms with van der Waals surface area (Å²) in [6, 6.07) is 9.67. The lowest BCUT2D eigenvalue weighted by molar-refractivity contribution is -0.137. The number of nitrogens with zero attached hydrogens (tertiary/aromatic N) is 2. The maximum Gasteiger partial charge on any atom is 0.349 e. The van der Waals surface area contributed by atoms with Crippen LogP contribution in [0.4, 0.5) is 0 Å². The SMILES string of the molecule is CCCn1c(C)cc(/C=C(\C#N)C(=O)OCC(=O)c2cc(CC)ccc2CC)c1C. The van der Waals surface area contributed by atoms with Crippen molar-refractivity contribution < 1.29 is 14.3 Å². The number of nitriles is 1. The molecule has 0 unspecified atom stereocenters. The molecule has 0 aliphatic rings. The molecule has 0 saturated heterocycles. The summed E-state index contributed by atoms with van der Waals surface area (Å²) in [5.41, 5.74) is 5.33. The zero-order valence-corrected chi connectivity index (χ0v) is 18.5. The first-order valence-electron chi connectivity index (χ1n) is 10.5. The Morgan fingerprint density at radius 1 is 1.13 bits per heavy atom. The third kappa shape index (κ3) is 5.27. The van der Waals surface area contributed by atoms with Crippen molar-refractivity contribution in [3.8, 4) is 6.07 Å². The fourth-order valence-corrected chi connectivity index (χ4v) is 3.53. The second-order valence-electron chi connectivity index (χ2n) is 7.35. The molecule has 5 nitrogen and oxygen atoms in total. The van der Waals surface area contributed by atoms with Crippen LogP contribution >= 0.6 is 0 Å². The fraction of sp³-hybridized carbons (Fsp3) is 0.400. The average Bonchev–Trinajstić information content (AvgIpc) is 3.02. The van der Waals surface area contributed by atoms with Gasteiger partial charge in [0.05, 0.1) is 0 Å². The van der Waals surface area contributed by atoms with E-state index in [0.717, 1.165) is 53.9 Å². The van der Waals surface area contributed by atoms with E-state index in [1.165, 1.54) is 6.08 Å². The Morgan fingerprint density at radius 2 is 1.87 bits per heavy atom. The van der Waals surface area contributed by atoms with Crippen molar-refractivity contribution in [2.45, 2.75) is 60.4 Å². The number of rotatable bonds is 9. The molecule has 0 aliphatic carbocycles. The van der Waals surface area contributed by atoms with Gasteiger partial charge in [0.15, 0.2) is 6.61 Å². The first-order valence-corrected chi connectivity index (χ1v) is 10.5. The average molecular weight is 407 g/mol. The van der Waals surface area contributed by atoms with Crippen LogP contribution in [0.25, 0.3) is 6.08 Å². The number of Topliss-reactive ketones (excluding diaryl/α,β-unsaturated/α-hetero) is 1. The van der Waals surface area contributed by atoms with Crippen molar-refractivity contribution in [3.05, 3.63) is 63.5 Å². The Hall–Kier alpha value is -3.13. The summed E-state index contributed by atoms with van der Waals surface area (Å²) in [5, 5.41) is 9.45. The van der Waals surface area contributed by atoms with E-state index in [0.29, 0.717) is 5.56 Å². The van der Waals surface area contributed by atoms with Gasteiger partial charge in [-0.25, -0.2) is 4.79 Å². The van der Waals surface area contributed by atoms with Gasteiger partial charge < -0.3 is 9.30 Å². The minimum absolute atomic E-state index is 0.113. The number of ether oxygens (including phenoxy) is 1. The third-order valence-corrected chi connectivity index (χ3v) is 5.30. The molecular formula is C25H30N2O3. The highest BCUT2D eigenvalue weighted by Crippen LogP contribution is 2.19.